The molecular formula is C32H29F3N4O5. The fraction of sp³-hybridized carbons (Fsp3) is 0.219. The fourth-order valence-corrected chi connectivity index (χ4v) is 5.18. The van der Waals surface area contributed by atoms with Gasteiger partial charge in [0.15, 0.2) is 17.3 Å². The van der Waals surface area contributed by atoms with E-state index in [1.165, 1.54) is 42.1 Å². The number of aliphatic hydroxyl groups excluding tert-OH is 1. The number of aromatic nitrogens is 3. The molecule has 0 aliphatic carbocycles. The summed E-state index contributed by atoms with van der Waals surface area (Å²) in [5.74, 6) is -3.32. The molecule has 0 radical (unpaired) electrons. The molecule has 0 spiro atoms. The number of hydrogen-bond donors (Lipinski definition) is 1. The monoisotopic (exact) mass is 606 g/mol. The van der Waals surface area contributed by atoms with E-state index in [1.54, 1.807) is 43.3 Å². The van der Waals surface area contributed by atoms with Crippen LogP contribution in [0.2, 0.25) is 0 Å². The van der Waals surface area contributed by atoms with Crippen LogP contribution in [0.4, 0.5) is 13.2 Å². The Labute approximate surface area is 249 Å². The van der Waals surface area contributed by atoms with Crippen molar-refractivity contribution in [3.8, 4) is 22.6 Å². The molecule has 0 aliphatic rings. The Hall–Kier alpha value is -4.94. The second-order valence-electron chi connectivity index (χ2n) is 10.5. The number of fused-ring (bicyclic) bond motifs is 1. The number of methoxy groups -OCH3 is 1. The largest absolute Gasteiger partial charge is 0.494 e. The molecule has 0 saturated carbocycles. The first kappa shape index (κ1) is 30.5. The summed E-state index contributed by atoms with van der Waals surface area (Å²) in [6.07, 6.45) is 1.56. The SMILES string of the molecule is COc1cccc(-n2c(=O)c3c(CN(C)C)c(-c4ccc(CC(=O)CO)cc4)cn3n(Cc3c(F)cccc3F)c2=O)c1F. The summed E-state index contributed by atoms with van der Waals surface area (Å²) < 4.78 is 53.2. The number of carbonyl (C=O) groups is 1. The molecule has 0 amide bonds. The van der Waals surface area contributed by atoms with Gasteiger partial charge in [0.2, 0.25) is 0 Å². The van der Waals surface area contributed by atoms with Crippen LogP contribution >= 0.6 is 0 Å². The number of ketones is 1. The van der Waals surface area contributed by atoms with Crippen LogP contribution in [-0.4, -0.2) is 57.4 Å². The molecule has 44 heavy (non-hydrogen) atoms. The van der Waals surface area contributed by atoms with Gasteiger partial charge < -0.3 is 14.7 Å². The van der Waals surface area contributed by atoms with Gasteiger partial charge in [-0.25, -0.2) is 27.2 Å². The van der Waals surface area contributed by atoms with E-state index in [0.717, 1.165) is 16.8 Å². The molecule has 0 unspecified atom stereocenters. The van der Waals surface area contributed by atoms with Crippen molar-refractivity contribution in [1.29, 1.82) is 0 Å². The third-order valence-corrected chi connectivity index (χ3v) is 7.26. The highest BCUT2D eigenvalue weighted by Crippen LogP contribution is 2.30. The van der Waals surface area contributed by atoms with E-state index < -0.39 is 47.4 Å². The molecule has 228 valence electrons. The summed E-state index contributed by atoms with van der Waals surface area (Å²) in [4.78, 5) is 41.7. The first-order valence-corrected chi connectivity index (χ1v) is 13.6. The molecule has 0 atom stereocenters. The predicted octanol–water partition coefficient (Wildman–Crippen LogP) is 3.56. The number of Topliss-reactive ketones (excluding diaryl/α,β-unsaturated/α-hetero) is 1. The van der Waals surface area contributed by atoms with Crippen LogP contribution in [0, 0.1) is 17.5 Å². The highest BCUT2D eigenvalue weighted by molar-refractivity contribution is 5.82. The smallest absolute Gasteiger partial charge is 0.351 e. The highest BCUT2D eigenvalue weighted by Gasteiger charge is 2.25. The zero-order valence-corrected chi connectivity index (χ0v) is 24.2. The molecule has 5 aromatic rings. The Morgan fingerprint density at radius 1 is 0.932 bits per heavy atom. The molecule has 9 nitrogen and oxygen atoms in total. The van der Waals surface area contributed by atoms with Crippen molar-refractivity contribution < 1.29 is 27.8 Å². The highest BCUT2D eigenvalue weighted by atomic mass is 19.1. The number of carbonyl (C=O) groups excluding carboxylic acids is 1. The summed E-state index contributed by atoms with van der Waals surface area (Å²) in [6.45, 7) is -0.990. The molecule has 2 aromatic heterocycles. The predicted molar refractivity (Wildman–Crippen MR) is 158 cm³/mol. The maximum Gasteiger partial charge on any atom is 0.351 e. The maximum absolute atomic E-state index is 15.5. The van der Waals surface area contributed by atoms with Crippen LogP contribution in [0.1, 0.15) is 16.7 Å². The lowest BCUT2D eigenvalue weighted by Gasteiger charge is -2.17. The Morgan fingerprint density at radius 3 is 2.20 bits per heavy atom. The summed E-state index contributed by atoms with van der Waals surface area (Å²) in [6, 6.07) is 14.2. The van der Waals surface area contributed by atoms with Gasteiger partial charge in [-0.05, 0) is 49.5 Å². The number of nitrogens with zero attached hydrogens (tertiary/aromatic N) is 4. The lowest BCUT2D eigenvalue weighted by atomic mass is 10.0. The van der Waals surface area contributed by atoms with Crippen molar-refractivity contribution in [3.63, 3.8) is 0 Å². The van der Waals surface area contributed by atoms with E-state index in [2.05, 4.69) is 0 Å². The van der Waals surface area contributed by atoms with Gasteiger partial charge in [0.25, 0.3) is 5.56 Å². The lowest BCUT2D eigenvalue weighted by molar-refractivity contribution is -0.121. The minimum absolute atomic E-state index is 0.00759. The molecule has 5 rings (SSSR count). The van der Waals surface area contributed by atoms with E-state index in [-0.39, 0.29) is 35.7 Å². The van der Waals surface area contributed by atoms with Crippen molar-refractivity contribution >= 4 is 11.3 Å². The van der Waals surface area contributed by atoms with Gasteiger partial charge in [-0.2, -0.15) is 0 Å². The van der Waals surface area contributed by atoms with Crippen molar-refractivity contribution in [2.24, 2.45) is 0 Å². The van der Waals surface area contributed by atoms with Gasteiger partial charge in [0.1, 0.15) is 23.8 Å². The number of rotatable bonds is 10. The maximum atomic E-state index is 15.5. The van der Waals surface area contributed by atoms with Crippen molar-refractivity contribution in [2.45, 2.75) is 19.5 Å². The van der Waals surface area contributed by atoms with Crippen molar-refractivity contribution in [3.05, 3.63) is 122 Å². The average molecular weight is 607 g/mol. The van der Waals surface area contributed by atoms with E-state index >= 15 is 4.39 Å². The van der Waals surface area contributed by atoms with Crippen LogP contribution in [0.5, 0.6) is 5.75 Å². The number of hydrogen-bond acceptors (Lipinski definition) is 6. The summed E-state index contributed by atoms with van der Waals surface area (Å²) in [5.41, 5.74) is -0.411. The van der Waals surface area contributed by atoms with Crippen molar-refractivity contribution in [2.75, 3.05) is 27.8 Å². The topological polar surface area (TPSA) is 98.2 Å². The molecule has 1 N–H and O–H groups in total. The lowest BCUT2D eigenvalue weighted by Crippen LogP contribution is -2.43. The first-order valence-electron chi connectivity index (χ1n) is 13.6. The van der Waals surface area contributed by atoms with Gasteiger partial charge >= 0.3 is 5.69 Å². The summed E-state index contributed by atoms with van der Waals surface area (Å²) in [5, 5.41) is 9.10. The third-order valence-electron chi connectivity index (χ3n) is 7.26. The van der Waals surface area contributed by atoms with E-state index in [1.807, 2.05) is 0 Å². The van der Waals surface area contributed by atoms with Gasteiger partial charge in [0, 0.05) is 35.9 Å². The normalized spacial score (nSPS) is 11.5. The van der Waals surface area contributed by atoms with E-state index in [9.17, 15) is 23.2 Å². The van der Waals surface area contributed by atoms with Crippen LogP contribution < -0.4 is 16.0 Å². The van der Waals surface area contributed by atoms with Gasteiger partial charge in [-0.3, -0.25) is 14.1 Å². The zero-order chi connectivity index (χ0) is 31.7. The van der Waals surface area contributed by atoms with Crippen LogP contribution in [0.3, 0.4) is 0 Å². The molecule has 0 saturated heterocycles. The molecule has 0 bridgehead atoms. The molecule has 0 aliphatic heterocycles. The number of benzene rings is 3. The minimum atomic E-state index is -1.03. The van der Waals surface area contributed by atoms with E-state index in [4.69, 9.17) is 9.84 Å². The zero-order valence-electron chi connectivity index (χ0n) is 24.2. The second kappa shape index (κ2) is 12.3. The molecule has 0 fully saturated rings. The number of ether oxygens (including phenoxy) is 1. The minimum Gasteiger partial charge on any atom is -0.494 e. The third kappa shape index (κ3) is 5.56. The summed E-state index contributed by atoms with van der Waals surface area (Å²) in [7, 11) is 4.80. The Bertz CT molecular complexity index is 1970. The Kier molecular flexibility index (Phi) is 8.56. The standard InChI is InChI=1S/C32H29F3N4O5/c1-36(2)15-23-22(20-12-10-19(11-13-20)14-21(41)18-40)16-37-30(23)31(42)39(27-8-5-9-28(44-3)29(27)35)32(43)38(37)17-24-25(33)6-4-7-26(24)34/h4-13,16,40H,14-15,17-18H2,1-3H3. The van der Waals surface area contributed by atoms with Gasteiger partial charge in [-0.15, -0.1) is 0 Å². The van der Waals surface area contributed by atoms with Gasteiger partial charge in [0.05, 0.1) is 19.3 Å². The molecule has 3 aromatic carbocycles. The fourth-order valence-electron chi connectivity index (χ4n) is 5.18. The summed E-state index contributed by atoms with van der Waals surface area (Å²) >= 11 is 0. The van der Waals surface area contributed by atoms with Crippen LogP contribution in [-0.2, 0) is 24.3 Å². The van der Waals surface area contributed by atoms with Gasteiger partial charge in [-0.1, -0.05) is 36.4 Å². The number of aliphatic hydroxyl groups is 1. The molecular weight excluding hydrogens is 577 g/mol. The van der Waals surface area contributed by atoms with E-state index in [0.29, 0.717) is 26.8 Å². The average Bonchev–Trinajstić information content (AvgIpc) is 3.36. The Balaban J connectivity index is 1.86. The molecule has 12 heteroatoms. The van der Waals surface area contributed by atoms with Crippen molar-refractivity contribution in [1.82, 2.24) is 18.7 Å². The quantitative estimate of drug-likeness (QED) is 0.261. The van der Waals surface area contributed by atoms with Crippen LogP contribution in [0.15, 0.2) is 76.4 Å². The molecule has 2 heterocycles. The number of halogens is 3. The van der Waals surface area contributed by atoms with Crippen LogP contribution in [0.25, 0.3) is 22.3 Å². The Morgan fingerprint density at radius 2 is 1.59 bits per heavy atom. The second-order valence-corrected chi connectivity index (χ2v) is 10.5. The first-order chi connectivity index (χ1) is 21.0.